The highest BCUT2D eigenvalue weighted by Gasteiger charge is 1.98. The van der Waals surface area contributed by atoms with Crippen molar-refractivity contribution < 1.29 is 8.95 Å². The first kappa shape index (κ1) is 15.2. The standard InChI is InChI=1S/C14H23NO2S/c1-12(2)17-14-7-5-13(6-8-14)11-15-9-4-10-18(3)16/h5-8,12,15H,4,9-11H2,1-3H3. The summed E-state index contributed by atoms with van der Waals surface area (Å²) in [5, 5.41) is 3.34. The molecule has 1 N–H and O–H groups in total. The summed E-state index contributed by atoms with van der Waals surface area (Å²) in [6, 6.07) is 8.14. The predicted molar refractivity (Wildman–Crippen MR) is 77.5 cm³/mol. The third kappa shape index (κ3) is 6.77. The fraction of sp³-hybridized carbons (Fsp3) is 0.571. The van der Waals surface area contributed by atoms with Crippen molar-refractivity contribution in [2.24, 2.45) is 0 Å². The minimum absolute atomic E-state index is 0.212. The van der Waals surface area contributed by atoms with Crippen molar-refractivity contribution in [1.82, 2.24) is 5.32 Å². The maximum atomic E-state index is 10.9. The summed E-state index contributed by atoms with van der Waals surface area (Å²) >= 11 is 0. The van der Waals surface area contributed by atoms with Gasteiger partial charge in [-0.2, -0.15) is 0 Å². The third-order valence-electron chi connectivity index (χ3n) is 2.41. The van der Waals surface area contributed by atoms with Gasteiger partial charge in [-0.25, -0.2) is 0 Å². The highest BCUT2D eigenvalue weighted by atomic mass is 32.2. The van der Waals surface area contributed by atoms with E-state index in [9.17, 15) is 4.21 Å². The van der Waals surface area contributed by atoms with Crippen LogP contribution in [0.15, 0.2) is 24.3 Å². The lowest BCUT2D eigenvalue weighted by Gasteiger charge is -2.10. The molecule has 0 radical (unpaired) electrons. The topological polar surface area (TPSA) is 38.3 Å². The van der Waals surface area contributed by atoms with Crippen LogP contribution in [0.1, 0.15) is 25.8 Å². The molecule has 3 nitrogen and oxygen atoms in total. The van der Waals surface area contributed by atoms with E-state index in [2.05, 4.69) is 17.4 Å². The molecule has 0 aliphatic carbocycles. The monoisotopic (exact) mass is 269 g/mol. The minimum atomic E-state index is -0.679. The van der Waals surface area contributed by atoms with Gasteiger partial charge >= 0.3 is 0 Å². The average Bonchev–Trinajstić information content (AvgIpc) is 2.30. The lowest BCUT2D eigenvalue weighted by Crippen LogP contribution is -2.16. The Kier molecular flexibility index (Phi) is 6.98. The lowest BCUT2D eigenvalue weighted by molar-refractivity contribution is 0.242. The molecule has 4 heteroatoms. The van der Waals surface area contributed by atoms with Gasteiger partial charge in [-0.05, 0) is 44.5 Å². The van der Waals surface area contributed by atoms with Crippen LogP contribution < -0.4 is 10.1 Å². The van der Waals surface area contributed by atoms with E-state index in [0.29, 0.717) is 0 Å². The van der Waals surface area contributed by atoms with Crippen LogP contribution in [-0.4, -0.2) is 28.9 Å². The molecule has 102 valence electrons. The van der Waals surface area contributed by atoms with Crippen LogP contribution in [0.4, 0.5) is 0 Å². The van der Waals surface area contributed by atoms with Gasteiger partial charge in [-0.1, -0.05) is 12.1 Å². The van der Waals surface area contributed by atoms with Crippen molar-refractivity contribution in [3.05, 3.63) is 29.8 Å². The molecule has 1 unspecified atom stereocenters. The molecule has 0 saturated carbocycles. The highest BCUT2D eigenvalue weighted by molar-refractivity contribution is 7.84. The normalized spacial score (nSPS) is 12.7. The highest BCUT2D eigenvalue weighted by Crippen LogP contribution is 2.13. The summed E-state index contributed by atoms with van der Waals surface area (Å²) in [5.74, 6) is 1.68. The van der Waals surface area contributed by atoms with E-state index in [1.165, 1.54) is 5.56 Å². The Labute approximate surface area is 112 Å². The molecule has 1 atom stereocenters. The molecule has 1 aromatic rings. The SMILES string of the molecule is CC(C)Oc1ccc(CNCCCS(C)=O)cc1. The zero-order chi connectivity index (χ0) is 13.4. The van der Waals surface area contributed by atoms with Crippen molar-refractivity contribution in [2.75, 3.05) is 18.6 Å². The van der Waals surface area contributed by atoms with Crippen LogP contribution in [0, 0.1) is 0 Å². The van der Waals surface area contributed by atoms with E-state index in [1.807, 2.05) is 26.0 Å². The summed E-state index contributed by atoms with van der Waals surface area (Å²) in [6.45, 7) is 5.79. The molecule has 0 saturated heterocycles. The van der Waals surface area contributed by atoms with Crippen molar-refractivity contribution in [1.29, 1.82) is 0 Å². The van der Waals surface area contributed by atoms with Gasteiger partial charge in [0.1, 0.15) is 5.75 Å². The number of rotatable bonds is 8. The molecule has 18 heavy (non-hydrogen) atoms. The molecule has 0 aliphatic rings. The number of hydrogen-bond acceptors (Lipinski definition) is 3. The van der Waals surface area contributed by atoms with Crippen LogP contribution >= 0.6 is 0 Å². The van der Waals surface area contributed by atoms with Gasteiger partial charge in [0.25, 0.3) is 0 Å². The molecule has 0 amide bonds. The quantitative estimate of drug-likeness (QED) is 0.736. The Hall–Kier alpha value is -0.870. The molecule has 0 aliphatic heterocycles. The third-order valence-corrected chi connectivity index (χ3v) is 3.27. The molecule has 1 rings (SSSR count). The van der Waals surface area contributed by atoms with Gasteiger partial charge in [0.15, 0.2) is 0 Å². The predicted octanol–water partition coefficient (Wildman–Crippen LogP) is 2.33. The molecule has 0 bridgehead atoms. The van der Waals surface area contributed by atoms with E-state index >= 15 is 0 Å². The summed E-state index contributed by atoms with van der Waals surface area (Å²) in [6.07, 6.45) is 2.91. The Morgan fingerprint density at radius 3 is 2.50 bits per heavy atom. The van der Waals surface area contributed by atoms with Gasteiger partial charge in [0, 0.05) is 29.4 Å². The molecule has 0 spiro atoms. The van der Waals surface area contributed by atoms with Gasteiger partial charge in [-0.15, -0.1) is 0 Å². The second-order valence-corrected chi connectivity index (χ2v) is 6.17. The first-order chi connectivity index (χ1) is 8.58. The molecular formula is C14H23NO2S. The number of benzene rings is 1. The van der Waals surface area contributed by atoms with Crippen molar-refractivity contribution in [3.63, 3.8) is 0 Å². The van der Waals surface area contributed by atoms with Crippen molar-refractivity contribution >= 4 is 10.8 Å². The fourth-order valence-electron chi connectivity index (χ4n) is 1.59. The molecule has 0 fully saturated rings. The Bertz CT molecular complexity index is 363. The Balaban J connectivity index is 2.24. The second-order valence-electron chi connectivity index (χ2n) is 4.62. The maximum Gasteiger partial charge on any atom is 0.119 e. The van der Waals surface area contributed by atoms with Crippen LogP contribution in [-0.2, 0) is 17.3 Å². The molecular weight excluding hydrogens is 246 g/mol. The smallest absolute Gasteiger partial charge is 0.119 e. The average molecular weight is 269 g/mol. The first-order valence-electron chi connectivity index (χ1n) is 6.34. The van der Waals surface area contributed by atoms with E-state index in [4.69, 9.17) is 4.74 Å². The van der Waals surface area contributed by atoms with Crippen LogP contribution in [0.25, 0.3) is 0 Å². The van der Waals surface area contributed by atoms with Crippen LogP contribution in [0.2, 0.25) is 0 Å². The largest absolute Gasteiger partial charge is 0.491 e. The zero-order valence-electron chi connectivity index (χ0n) is 11.4. The maximum absolute atomic E-state index is 10.9. The number of nitrogens with one attached hydrogen (secondary N) is 1. The van der Waals surface area contributed by atoms with Gasteiger partial charge in [0.05, 0.1) is 6.10 Å². The minimum Gasteiger partial charge on any atom is -0.491 e. The summed E-state index contributed by atoms with van der Waals surface area (Å²) in [4.78, 5) is 0. The van der Waals surface area contributed by atoms with E-state index < -0.39 is 10.8 Å². The van der Waals surface area contributed by atoms with Gasteiger partial charge < -0.3 is 10.1 Å². The molecule has 0 aromatic heterocycles. The number of ether oxygens (including phenoxy) is 1. The van der Waals surface area contributed by atoms with Gasteiger partial charge in [-0.3, -0.25) is 4.21 Å². The van der Waals surface area contributed by atoms with Crippen LogP contribution in [0.5, 0.6) is 5.75 Å². The van der Waals surface area contributed by atoms with E-state index in [1.54, 1.807) is 6.26 Å². The number of hydrogen-bond donors (Lipinski definition) is 1. The molecule has 0 heterocycles. The van der Waals surface area contributed by atoms with E-state index in [0.717, 1.165) is 31.0 Å². The van der Waals surface area contributed by atoms with E-state index in [-0.39, 0.29) is 6.10 Å². The van der Waals surface area contributed by atoms with Crippen molar-refractivity contribution in [3.8, 4) is 5.75 Å². The fourth-order valence-corrected chi connectivity index (χ4v) is 2.14. The van der Waals surface area contributed by atoms with Crippen molar-refractivity contribution in [2.45, 2.75) is 32.9 Å². The van der Waals surface area contributed by atoms with Crippen LogP contribution in [0.3, 0.4) is 0 Å². The van der Waals surface area contributed by atoms with Gasteiger partial charge in [0.2, 0.25) is 0 Å². The Morgan fingerprint density at radius 1 is 1.28 bits per heavy atom. The first-order valence-corrected chi connectivity index (χ1v) is 8.07. The summed E-state index contributed by atoms with van der Waals surface area (Å²) in [5.41, 5.74) is 1.24. The Morgan fingerprint density at radius 2 is 1.94 bits per heavy atom. The lowest BCUT2D eigenvalue weighted by atomic mass is 10.2. The summed E-state index contributed by atoms with van der Waals surface area (Å²) in [7, 11) is -0.679. The summed E-state index contributed by atoms with van der Waals surface area (Å²) < 4.78 is 16.5. The molecule has 1 aromatic carbocycles. The second kappa shape index (κ2) is 8.27. The zero-order valence-corrected chi connectivity index (χ0v) is 12.3.